The second-order valence-electron chi connectivity index (χ2n) is 14.2. The minimum atomic E-state index is 0.720. The number of fused-ring (bicyclic) bond motifs is 6. The molecule has 3 aromatic heterocycles. The normalized spacial score (nSPS) is 11.6. The zero-order chi connectivity index (χ0) is 37.0. The third-order valence-electron chi connectivity index (χ3n) is 10.8. The number of nitrogens with zero attached hydrogens (tertiary/aromatic N) is 3. The zero-order valence-electron chi connectivity index (χ0n) is 30.3. The molecule has 0 spiro atoms. The van der Waals surface area contributed by atoms with E-state index in [1.807, 2.05) is 6.07 Å². The maximum atomic E-state index is 5.37. The van der Waals surface area contributed by atoms with Crippen molar-refractivity contribution in [3.05, 3.63) is 200 Å². The SMILES string of the molecule is c1ccc(-c2cc(-c3ccccc3)cc(-c3nc(-c4ccccc4)nc4c3sc3ccc(-c5cccc(-n6c7ccccc7c7ccccc76)c5)cc34)c2)cc1. The number of hydrogen-bond donors (Lipinski definition) is 0. The first-order valence-corrected chi connectivity index (χ1v) is 19.7. The fourth-order valence-corrected chi connectivity index (χ4v) is 9.25. The molecule has 0 saturated heterocycles. The Bertz CT molecular complexity index is 3120. The van der Waals surface area contributed by atoms with Crippen LogP contribution in [0.25, 0.3) is 104 Å². The molecule has 0 fully saturated rings. The third-order valence-corrected chi connectivity index (χ3v) is 11.9. The molecule has 0 radical (unpaired) electrons. The summed E-state index contributed by atoms with van der Waals surface area (Å²) in [4.78, 5) is 10.7. The Morgan fingerprint density at radius 1 is 0.357 bits per heavy atom. The van der Waals surface area contributed by atoms with Gasteiger partial charge in [0.25, 0.3) is 0 Å². The second-order valence-corrected chi connectivity index (χ2v) is 15.3. The highest BCUT2D eigenvalue weighted by Gasteiger charge is 2.19. The molecule has 0 aliphatic rings. The van der Waals surface area contributed by atoms with Crippen LogP contribution in [0.4, 0.5) is 0 Å². The van der Waals surface area contributed by atoms with E-state index in [4.69, 9.17) is 9.97 Å². The maximum absolute atomic E-state index is 5.37. The lowest BCUT2D eigenvalue weighted by molar-refractivity contribution is 1.18. The minimum Gasteiger partial charge on any atom is -0.309 e. The number of aromatic nitrogens is 3. The van der Waals surface area contributed by atoms with E-state index in [2.05, 4.69) is 199 Å². The zero-order valence-corrected chi connectivity index (χ0v) is 31.1. The summed E-state index contributed by atoms with van der Waals surface area (Å²) in [6, 6.07) is 71.5. The highest BCUT2D eigenvalue weighted by atomic mass is 32.1. The molecule has 262 valence electrons. The average Bonchev–Trinajstić information content (AvgIpc) is 3.82. The van der Waals surface area contributed by atoms with Crippen molar-refractivity contribution in [3.8, 4) is 61.7 Å². The minimum absolute atomic E-state index is 0.720. The van der Waals surface area contributed by atoms with Gasteiger partial charge in [-0.15, -0.1) is 11.3 Å². The number of rotatable bonds is 6. The highest BCUT2D eigenvalue weighted by molar-refractivity contribution is 7.26. The molecule has 11 rings (SSSR count). The number of para-hydroxylation sites is 2. The van der Waals surface area contributed by atoms with Crippen LogP contribution < -0.4 is 0 Å². The molecule has 11 aromatic rings. The maximum Gasteiger partial charge on any atom is 0.160 e. The Morgan fingerprint density at radius 2 is 0.893 bits per heavy atom. The van der Waals surface area contributed by atoms with E-state index in [0.29, 0.717) is 0 Å². The fraction of sp³-hybridized carbons (Fsp3) is 0. The van der Waals surface area contributed by atoms with Crippen LogP contribution >= 0.6 is 11.3 Å². The van der Waals surface area contributed by atoms with Gasteiger partial charge in [0.2, 0.25) is 0 Å². The second kappa shape index (κ2) is 13.3. The molecular weight excluding hydrogens is 699 g/mol. The van der Waals surface area contributed by atoms with Gasteiger partial charge in [0.15, 0.2) is 5.82 Å². The number of hydrogen-bond acceptors (Lipinski definition) is 3. The summed E-state index contributed by atoms with van der Waals surface area (Å²) in [5, 5.41) is 3.65. The van der Waals surface area contributed by atoms with Crippen molar-refractivity contribution in [1.29, 1.82) is 0 Å². The first kappa shape index (κ1) is 32.3. The van der Waals surface area contributed by atoms with Gasteiger partial charge in [0, 0.05) is 37.7 Å². The van der Waals surface area contributed by atoms with Crippen LogP contribution in [-0.4, -0.2) is 14.5 Å². The van der Waals surface area contributed by atoms with Crippen molar-refractivity contribution >= 4 is 53.4 Å². The van der Waals surface area contributed by atoms with Crippen molar-refractivity contribution in [2.24, 2.45) is 0 Å². The summed E-state index contributed by atoms with van der Waals surface area (Å²) in [6.07, 6.45) is 0. The van der Waals surface area contributed by atoms with Gasteiger partial charge in [0.05, 0.1) is 26.9 Å². The van der Waals surface area contributed by atoms with Crippen molar-refractivity contribution in [1.82, 2.24) is 14.5 Å². The van der Waals surface area contributed by atoms with Gasteiger partial charge in [0.1, 0.15) is 0 Å². The highest BCUT2D eigenvalue weighted by Crippen LogP contribution is 2.43. The van der Waals surface area contributed by atoms with Crippen LogP contribution in [-0.2, 0) is 0 Å². The van der Waals surface area contributed by atoms with Crippen LogP contribution in [0.2, 0.25) is 0 Å². The van der Waals surface area contributed by atoms with Crippen LogP contribution in [0.15, 0.2) is 200 Å². The fourth-order valence-electron chi connectivity index (χ4n) is 8.12. The largest absolute Gasteiger partial charge is 0.309 e. The van der Waals surface area contributed by atoms with Crippen molar-refractivity contribution in [3.63, 3.8) is 0 Å². The Hall–Kier alpha value is -7.14. The van der Waals surface area contributed by atoms with Crippen LogP contribution in [0, 0.1) is 0 Å². The number of benzene rings is 8. The predicted octanol–water partition coefficient (Wildman–Crippen LogP) is 14.3. The Balaban J connectivity index is 1.12. The summed E-state index contributed by atoms with van der Waals surface area (Å²) in [7, 11) is 0. The van der Waals surface area contributed by atoms with E-state index in [1.54, 1.807) is 11.3 Å². The molecule has 0 unspecified atom stereocenters. The molecule has 8 aromatic carbocycles. The molecule has 56 heavy (non-hydrogen) atoms. The summed E-state index contributed by atoms with van der Waals surface area (Å²) >= 11 is 1.77. The van der Waals surface area contributed by atoms with Crippen LogP contribution in [0.3, 0.4) is 0 Å². The third kappa shape index (κ3) is 5.50. The summed E-state index contributed by atoms with van der Waals surface area (Å²) in [5.74, 6) is 0.720. The lowest BCUT2D eigenvalue weighted by atomic mass is 9.94. The van der Waals surface area contributed by atoms with Gasteiger partial charge in [-0.3, -0.25) is 0 Å². The van der Waals surface area contributed by atoms with Gasteiger partial charge in [-0.25, -0.2) is 9.97 Å². The van der Waals surface area contributed by atoms with Crippen molar-refractivity contribution < 1.29 is 0 Å². The Morgan fingerprint density at radius 3 is 1.54 bits per heavy atom. The monoisotopic (exact) mass is 731 g/mol. The molecule has 0 atom stereocenters. The van der Waals surface area contributed by atoms with E-state index < -0.39 is 0 Å². The van der Waals surface area contributed by atoms with E-state index in [0.717, 1.165) is 66.2 Å². The molecule has 3 heterocycles. The molecule has 0 saturated carbocycles. The summed E-state index contributed by atoms with van der Waals surface area (Å²) < 4.78 is 4.65. The summed E-state index contributed by atoms with van der Waals surface area (Å²) in [6.45, 7) is 0. The molecule has 0 aliphatic heterocycles. The smallest absolute Gasteiger partial charge is 0.160 e. The molecule has 0 aliphatic carbocycles. The summed E-state index contributed by atoms with van der Waals surface area (Å²) in [5.41, 5.74) is 14.5. The van der Waals surface area contributed by atoms with Gasteiger partial charge < -0.3 is 4.57 Å². The molecule has 4 heteroatoms. The first-order chi connectivity index (χ1) is 27.7. The number of thiophene rings is 1. The van der Waals surface area contributed by atoms with Gasteiger partial charge in [-0.1, -0.05) is 146 Å². The Labute approximate surface area is 328 Å². The lowest BCUT2D eigenvalue weighted by Gasteiger charge is -2.12. The van der Waals surface area contributed by atoms with Crippen molar-refractivity contribution in [2.45, 2.75) is 0 Å². The quantitative estimate of drug-likeness (QED) is 0.170. The van der Waals surface area contributed by atoms with E-state index in [9.17, 15) is 0 Å². The van der Waals surface area contributed by atoms with E-state index in [-0.39, 0.29) is 0 Å². The van der Waals surface area contributed by atoms with Crippen LogP contribution in [0.5, 0.6) is 0 Å². The first-order valence-electron chi connectivity index (χ1n) is 18.9. The van der Waals surface area contributed by atoms with E-state index in [1.165, 1.54) is 37.6 Å². The lowest BCUT2D eigenvalue weighted by Crippen LogP contribution is -1.95. The Kier molecular flexibility index (Phi) is 7.68. The predicted molar refractivity (Wildman–Crippen MR) is 236 cm³/mol. The topological polar surface area (TPSA) is 30.7 Å². The van der Waals surface area contributed by atoms with E-state index >= 15 is 0 Å². The molecular formula is C52H33N3S. The molecule has 0 N–H and O–H groups in total. The van der Waals surface area contributed by atoms with Crippen LogP contribution in [0.1, 0.15) is 0 Å². The van der Waals surface area contributed by atoms with Crippen molar-refractivity contribution in [2.75, 3.05) is 0 Å². The average molecular weight is 732 g/mol. The van der Waals surface area contributed by atoms with Gasteiger partial charge in [-0.2, -0.15) is 0 Å². The molecule has 3 nitrogen and oxygen atoms in total. The van der Waals surface area contributed by atoms with Gasteiger partial charge in [-0.05, 0) is 88.0 Å². The molecule has 0 amide bonds. The van der Waals surface area contributed by atoms with Gasteiger partial charge >= 0.3 is 0 Å². The standard InChI is InChI=1S/C52H33N3S/c1-4-15-34(16-5-1)39-29-40(35-17-6-2-7-18-35)31-41(30-39)49-51-50(54-52(53-49)36-19-8-3-9-20-36)45-33-38(27-28-48(45)56-51)37-21-14-22-42(32-37)55-46-25-12-10-23-43(46)44-24-11-13-26-47(44)55/h1-33H. The molecule has 0 bridgehead atoms.